The van der Waals surface area contributed by atoms with Crippen molar-refractivity contribution >= 4 is 23.7 Å². The van der Waals surface area contributed by atoms with Gasteiger partial charge in [0.1, 0.15) is 11.4 Å². The maximum absolute atomic E-state index is 10.1. The van der Waals surface area contributed by atoms with E-state index < -0.39 is 7.12 Å². The monoisotopic (exact) mass is 310 g/mol. The molecule has 120 valence electrons. The molecule has 0 unspecified atom stereocenters. The molecule has 0 saturated heterocycles. The molecule has 0 bridgehead atoms. The SMILES string of the molecule is CCCC1CCC(C2=CB(O)Oc3cnc4[nH]ccc4c32)CC1. The Hall–Kier alpha value is -1.75. The number of pyridine rings is 1. The van der Waals surface area contributed by atoms with Crippen molar-refractivity contribution in [1.82, 2.24) is 9.97 Å². The van der Waals surface area contributed by atoms with Gasteiger partial charge in [-0.1, -0.05) is 19.8 Å². The molecule has 3 heterocycles. The molecule has 0 aromatic carbocycles. The minimum Gasteiger partial charge on any atom is -0.531 e. The molecule has 2 N–H and O–H groups in total. The average Bonchev–Trinajstić information content (AvgIpc) is 3.03. The van der Waals surface area contributed by atoms with Gasteiger partial charge >= 0.3 is 7.12 Å². The quantitative estimate of drug-likeness (QED) is 0.844. The number of nitrogens with one attached hydrogen (secondary N) is 1. The van der Waals surface area contributed by atoms with Crippen molar-refractivity contribution in [3.05, 3.63) is 30.0 Å². The van der Waals surface area contributed by atoms with Crippen molar-refractivity contribution in [2.75, 3.05) is 0 Å². The Bertz CT molecular complexity index is 732. The Labute approximate surface area is 137 Å². The fourth-order valence-electron chi connectivity index (χ4n) is 4.29. The van der Waals surface area contributed by atoms with Crippen LogP contribution in [-0.2, 0) is 0 Å². The zero-order valence-electron chi connectivity index (χ0n) is 13.6. The van der Waals surface area contributed by atoms with Crippen LogP contribution in [0.25, 0.3) is 16.6 Å². The molecule has 5 heteroatoms. The summed E-state index contributed by atoms with van der Waals surface area (Å²) in [6, 6.07) is 2.05. The highest BCUT2D eigenvalue weighted by Gasteiger charge is 2.32. The average molecular weight is 310 g/mol. The molecule has 0 amide bonds. The molecule has 0 radical (unpaired) electrons. The molecule has 4 nitrogen and oxygen atoms in total. The summed E-state index contributed by atoms with van der Waals surface area (Å²) in [5, 5.41) is 11.2. The van der Waals surface area contributed by atoms with Gasteiger partial charge in [-0.05, 0) is 55.1 Å². The van der Waals surface area contributed by atoms with E-state index >= 15 is 0 Å². The largest absolute Gasteiger partial charge is 0.552 e. The summed E-state index contributed by atoms with van der Waals surface area (Å²) in [5.74, 6) is 4.00. The highest BCUT2D eigenvalue weighted by atomic mass is 16.5. The second-order valence-electron chi connectivity index (χ2n) is 6.87. The molecule has 4 rings (SSSR count). The van der Waals surface area contributed by atoms with Crippen molar-refractivity contribution in [2.24, 2.45) is 11.8 Å². The second-order valence-corrected chi connectivity index (χ2v) is 6.87. The fourth-order valence-corrected chi connectivity index (χ4v) is 4.29. The van der Waals surface area contributed by atoms with Crippen LogP contribution in [0.2, 0.25) is 0 Å². The highest BCUT2D eigenvalue weighted by Crippen LogP contribution is 2.45. The zero-order valence-corrected chi connectivity index (χ0v) is 13.6. The van der Waals surface area contributed by atoms with Crippen molar-refractivity contribution in [1.29, 1.82) is 0 Å². The number of hydrogen-bond donors (Lipinski definition) is 2. The first-order chi connectivity index (χ1) is 11.3. The van der Waals surface area contributed by atoms with E-state index in [0.29, 0.717) is 11.7 Å². The van der Waals surface area contributed by atoms with Crippen LogP contribution in [0.3, 0.4) is 0 Å². The number of aromatic amines is 1. The molecule has 2 aromatic heterocycles. The molecule has 2 aromatic rings. The summed E-state index contributed by atoms with van der Waals surface area (Å²) in [4.78, 5) is 7.56. The molecule has 1 aliphatic carbocycles. The molecule has 2 aliphatic rings. The number of fused-ring (bicyclic) bond motifs is 3. The lowest BCUT2D eigenvalue weighted by atomic mass is 9.70. The molecular weight excluding hydrogens is 287 g/mol. The van der Waals surface area contributed by atoms with E-state index in [1.807, 2.05) is 12.2 Å². The van der Waals surface area contributed by atoms with E-state index in [1.165, 1.54) is 44.1 Å². The smallest absolute Gasteiger partial charge is 0.531 e. The Kier molecular flexibility index (Phi) is 3.89. The van der Waals surface area contributed by atoms with Crippen LogP contribution in [0.5, 0.6) is 5.75 Å². The number of rotatable bonds is 3. The van der Waals surface area contributed by atoms with Gasteiger partial charge < -0.3 is 14.7 Å². The maximum atomic E-state index is 10.1. The van der Waals surface area contributed by atoms with Gasteiger partial charge in [0, 0.05) is 17.1 Å². The lowest BCUT2D eigenvalue weighted by Gasteiger charge is -2.32. The van der Waals surface area contributed by atoms with Gasteiger partial charge in [-0.2, -0.15) is 0 Å². The fraction of sp³-hybridized carbons (Fsp3) is 0.500. The molecule has 1 saturated carbocycles. The van der Waals surface area contributed by atoms with Gasteiger partial charge in [-0.25, -0.2) is 4.98 Å². The predicted octanol–water partition coefficient (Wildman–Crippen LogP) is 3.96. The van der Waals surface area contributed by atoms with Crippen molar-refractivity contribution < 1.29 is 9.68 Å². The number of nitrogens with zero attached hydrogens (tertiary/aromatic N) is 1. The van der Waals surface area contributed by atoms with E-state index in [9.17, 15) is 5.02 Å². The van der Waals surface area contributed by atoms with Crippen LogP contribution in [0.4, 0.5) is 0 Å². The van der Waals surface area contributed by atoms with Gasteiger partial charge in [0.25, 0.3) is 0 Å². The topological polar surface area (TPSA) is 58.1 Å². The van der Waals surface area contributed by atoms with Crippen LogP contribution in [0.15, 0.2) is 24.4 Å². The molecule has 1 fully saturated rings. The number of H-pyrrole nitrogens is 1. The van der Waals surface area contributed by atoms with Gasteiger partial charge in [-0.3, -0.25) is 0 Å². The normalized spacial score (nSPS) is 24.3. The van der Waals surface area contributed by atoms with Crippen molar-refractivity contribution in [3.63, 3.8) is 0 Å². The maximum Gasteiger partial charge on any atom is 0.552 e. The summed E-state index contributed by atoms with van der Waals surface area (Å²) in [7, 11) is -0.857. The lowest BCUT2D eigenvalue weighted by molar-refractivity contribution is 0.298. The van der Waals surface area contributed by atoms with E-state index in [0.717, 1.165) is 22.5 Å². The van der Waals surface area contributed by atoms with Crippen LogP contribution in [-0.4, -0.2) is 22.1 Å². The Morgan fingerprint density at radius 2 is 2.17 bits per heavy atom. The first-order valence-electron chi connectivity index (χ1n) is 8.79. The third kappa shape index (κ3) is 2.67. The summed E-state index contributed by atoms with van der Waals surface area (Å²) >= 11 is 0. The van der Waals surface area contributed by atoms with Crippen LogP contribution < -0.4 is 4.65 Å². The minimum absolute atomic E-state index is 0.515. The van der Waals surface area contributed by atoms with Crippen molar-refractivity contribution in [3.8, 4) is 5.75 Å². The molecule has 0 atom stereocenters. The Balaban J connectivity index is 1.68. The van der Waals surface area contributed by atoms with E-state index in [1.54, 1.807) is 6.20 Å². The summed E-state index contributed by atoms with van der Waals surface area (Å²) in [5.41, 5.74) is 3.26. The zero-order chi connectivity index (χ0) is 15.8. The van der Waals surface area contributed by atoms with Crippen LogP contribution in [0.1, 0.15) is 51.0 Å². The predicted molar refractivity (Wildman–Crippen MR) is 93.0 cm³/mol. The standard InChI is InChI=1S/C18H23BN2O2/c1-2-3-12-4-6-13(7-5-12)15-10-19(22)23-16-11-21-18-14(17(15)16)8-9-20-18/h8-13,22H,2-7H2,1H3,(H,20,21). The lowest BCUT2D eigenvalue weighted by Crippen LogP contribution is -2.27. The number of allylic oxidation sites excluding steroid dienone is 1. The van der Waals surface area contributed by atoms with E-state index in [2.05, 4.69) is 23.0 Å². The van der Waals surface area contributed by atoms with Crippen LogP contribution >= 0.6 is 0 Å². The van der Waals surface area contributed by atoms with E-state index in [4.69, 9.17) is 4.65 Å². The van der Waals surface area contributed by atoms with Gasteiger partial charge in [0.2, 0.25) is 0 Å². The van der Waals surface area contributed by atoms with Gasteiger partial charge in [0.15, 0.2) is 0 Å². The van der Waals surface area contributed by atoms with E-state index in [-0.39, 0.29) is 0 Å². The van der Waals surface area contributed by atoms with Gasteiger partial charge in [0.05, 0.1) is 6.20 Å². The summed E-state index contributed by atoms with van der Waals surface area (Å²) in [6.45, 7) is 2.27. The molecule has 23 heavy (non-hydrogen) atoms. The van der Waals surface area contributed by atoms with Crippen molar-refractivity contribution in [2.45, 2.75) is 45.4 Å². The Morgan fingerprint density at radius 3 is 2.96 bits per heavy atom. The molecule has 1 aliphatic heterocycles. The number of hydrogen-bond acceptors (Lipinski definition) is 3. The highest BCUT2D eigenvalue weighted by molar-refractivity contribution is 6.52. The minimum atomic E-state index is -0.857. The Morgan fingerprint density at radius 1 is 1.35 bits per heavy atom. The third-order valence-corrected chi connectivity index (χ3v) is 5.39. The first-order valence-corrected chi connectivity index (χ1v) is 8.79. The summed E-state index contributed by atoms with van der Waals surface area (Å²) in [6.07, 6.45) is 11.3. The van der Waals surface area contributed by atoms with Crippen LogP contribution in [0, 0.1) is 11.8 Å². The van der Waals surface area contributed by atoms with Gasteiger partial charge in [-0.15, -0.1) is 0 Å². The third-order valence-electron chi connectivity index (χ3n) is 5.39. The molecule has 0 spiro atoms. The summed E-state index contributed by atoms with van der Waals surface area (Å²) < 4.78 is 5.59. The number of aromatic nitrogens is 2. The first kappa shape index (κ1) is 14.8. The molecular formula is C18H23BN2O2. The second kappa shape index (κ2) is 6.04.